The molecule has 132 valence electrons. The van der Waals surface area contributed by atoms with E-state index in [1.807, 2.05) is 24.3 Å². The van der Waals surface area contributed by atoms with Gasteiger partial charge in [0.05, 0.1) is 0 Å². The van der Waals surface area contributed by atoms with Crippen LogP contribution in [-0.2, 0) is 11.2 Å². The van der Waals surface area contributed by atoms with Crippen molar-refractivity contribution < 1.29 is 14.3 Å². The van der Waals surface area contributed by atoms with Crippen molar-refractivity contribution >= 4 is 5.97 Å². The van der Waals surface area contributed by atoms with Gasteiger partial charge in [0.2, 0.25) is 0 Å². The highest BCUT2D eigenvalue weighted by Crippen LogP contribution is 2.37. The third-order valence-corrected chi connectivity index (χ3v) is 4.96. The smallest absolute Gasteiger partial charge is 0.303 e. The fourth-order valence-corrected chi connectivity index (χ4v) is 3.56. The van der Waals surface area contributed by atoms with Gasteiger partial charge in [0.25, 0.3) is 0 Å². The van der Waals surface area contributed by atoms with Gasteiger partial charge in [0.15, 0.2) is 0 Å². The first-order valence-corrected chi connectivity index (χ1v) is 8.87. The van der Waals surface area contributed by atoms with Crippen LogP contribution in [0.5, 0.6) is 0 Å². The number of benzene rings is 2. The molecule has 0 amide bonds. The number of carboxylic acids is 1. The first-order valence-electron chi connectivity index (χ1n) is 8.87. The van der Waals surface area contributed by atoms with Crippen molar-refractivity contribution in [3.05, 3.63) is 71.5 Å². The van der Waals surface area contributed by atoms with Crippen molar-refractivity contribution in [2.45, 2.75) is 50.1 Å². The average molecular weight is 341 g/mol. The molecule has 0 saturated heterocycles. The number of nitrogens with one attached hydrogen (secondary N) is 1. The van der Waals surface area contributed by atoms with Gasteiger partial charge in [0, 0.05) is 18.5 Å². The van der Waals surface area contributed by atoms with E-state index in [2.05, 4.69) is 17.4 Å². The molecule has 1 saturated carbocycles. The zero-order valence-electron chi connectivity index (χ0n) is 14.2. The van der Waals surface area contributed by atoms with E-state index in [0.717, 1.165) is 24.8 Å². The normalized spacial score (nSPS) is 20.7. The lowest BCUT2D eigenvalue weighted by atomic mass is 9.75. The fraction of sp³-hybridized carbons (Fsp3) is 0.381. The summed E-state index contributed by atoms with van der Waals surface area (Å²) in [5.41, 5.74) is 2.27. The van der Waals surface area contributed by atoms with Gasteiger partial charge in [-0.15, -0.1) is 0 Å². The van der Waals surface area contributed by atoms with Crippen molar-refractivity contribution in [1.29, 1.82) is 0 Å². The summed E-state index contributed by atoms with van der Waals surface area (Å²) in [6.07, 6.45) is 3.56. The average Bonchev–Trinajstić information content (AvgIpc) is 2.56. The van der Waals surface area contributed by atoms with Crippen molar-refractivity contribution in [2.75, 3.05) is 0 Å². The molecule has 3 nitrogen and oxygen atoms in total. The number of carboxylic acid groups (broad SMARTS) is 1. The minimum absolute atomic E-state index is 0.150. The second kappa shape index (κ2) is 8.26. The van der Waals surface area contributed by atoms with Gasteiger partial charge in [-0.1, -0.05) is 42.5 Å². The van der Waals surface area contributed by atoms with Crippen LogP contribution in [0.15, 0.2) is 54.6 Å². The lowest BCUT2D eigenvalue weighted by Crippen LogP contribution is -2.46. The highest BCUT2D eigenvalue weighted by Gasteiger charge is 2.31. The Bertz CT molecular complexity index is 698. The van der Waals surface area contributed by atoms with Crippen LogP contribution in [0.25, 0.3) is 0 Å². The summed E-state index contributed by atoms with van der Waals surface area (Å²) in [5.74, 6) is -0.548. The van der Waals surface area contributed by atoms with Gasteiger partial charge >= 0.3 is 5.97 Å². The quantitative estimate of drug-likeness (QED) is 0.759. The third kappa shape index (κ3) is 5.13. The Labute approximate surface area is 147 Å². The van der Waals surface area contributed by atoms with E-state index in [0.29, 0.717) is 18.4 Å². The highest BCUT2D eigenvalue weighted by molar-refractivity contribution is 5.66. The summed E-state index contributed by atoms with van der Waals surface area (Å²) >= 11 is 0. The predicted octanol–water partition coefficient (Wildman–Crippen LogP) is 4.14. The first kappa shape index (κ1) is 17.6. The van der Waals surface area contributed by atoms with Gasteiger partial charge in [-0.25, -0.2) is 4.39 Å². The summed E-state index contributed by atoms with van der Waals surface area (Å²) in [4.78, 5) is 10.9. The molecular formula is C21H24FNO2. The van der Waals surface area contributed by atoms with Crippen LogP contribution >= 0.6 is 0 Å². The molecule has 2 N–H and O–H groups in total. The number of rotatable bonds is 8. The summed E-state index contributed by atoms with van der Waals surface area (Å²) in [5, 5.41) is 12.6. The maximum absolute atomic E-state index is 13.3. The van der Waals surface area contributed by atoms with Crippen LogP contribution in [-0.4, -0.2) is 23.2 Å². The third-order valence-electron chi connectivity index (χ3n) is 4.96. The van der Waals surface area contributed by atoms with E-state index in [-0.39, 0.29) is 18.3 Å². The molecule has 4 heteroatoms. The predicted molar refractivity (Wildman–Crippen MR) is 96.1 cm³/mol. The number of carbonyl (C=O) groups is 1. The Morgan fingerprint density at radius 3 is 2.60 bits per heavy atom. The molecule has 0 aliphatic heterocycles. The Balaban J connectivity index is 1.54. The Hall–Kier alpha value is -2.20. The molecule has 2 aromatic carbocycles. The number of aliphatic carboxylic acids is 1. The molecule has 2 aromatic rings. The number of halogens is 1. The van der Waals surface area contributed by atoms with Gasteiger partial charge in [0.1, 0.15) is 5.82 Å². The van der Waals surface area contributed by atoms with Crippen LogP contribution in [0, 0.1) is 5.82 Å². The van der Waals surface area contributed by atoms with E-state index >= 15 is 0 Å². The zero-order chi connectivity index (χ0) is 17.6. The van der Waals surface area contributed by atoms with Crippen LogP contribution in [0.3, 0.4) is 0 Å². The summed E-state index contributed by atoms with van der Waals surface area (Å²) < 4.78 is 13.3. The summed E-state index contributed by atoms with van der Waals surface area (Å²) in [7, 11) is 0. The number of hydrogen-bond donors (Lipinski definition) is 2. The van der Waals surface area contributed by atoms with Crippen molar-refractivity contribution in [3.8, 4) is 0 Å². The molecule has 0 spiro atoms. The van der Waals surface area contributed by atoms with Crippen molar-refractivity contribution in [2.24, 2.45) is 0 Å². The molecule has 0 radical (unpaired) electrons. The molecule has 1 fully saturated rings. The van der Waals surface area contributed by atoms with Crippen LogP contribution in [0.2, 0.25) is 0 Å². The second-order valence-electron chi connectivity index (χ2n) is 6.91. The second-order valence-corrected chi connectivity index (χ2v) is 6.91. The van der Waals surface area contributed by atoms with Crippen LogP contribution in [0.1, 0.15) is 42.7 Å². The van der Waals surface area contributed by atoms with Gasteiger partial charge in [-0.3, -0.25) is 4.79 Å². The van der Waals surface area contributed by atoms with Crippen molar-refractivity contribution in [1.82, 2.24) is 5.32 Å². The Kier molecular flexibility index (Phi) is 5.82. The molecular weight excluding hydrogens is 317 g/mol. The largest absolute Gasteiger partial charge is 0.481 e. The Morgan fingerprint density at radius 2 is 1.92 bits per heavy atom. The molecule has 1 atom stereocenters. The minimum Gasteiger partial charge on any atom is -0.481 e. The van der Waals surface area contributed by atoms with Gasteiger partial charge in [-0.2, -0.15) is 0 Å². The maximum atomic E-state index is 13.3. The topological polar surface area (TPSA) is 49.3 Å². The lowest BCUT2D eigenvalue weighted by Gasteiger charge is -2.39. The molecule has 25 heavy (non-hydrogen) atoms. The minimum atomic E-state index is -0.758. The van der Waals surface area contributed by atoms with Crippen molar-refractivity contribution in [3.63, 3.8) is 0 Å². The molecule has 3 rings (SSSR count). The molecule has 0 bridgehead atoms. The molecule has 1 unspecified atom stereocenters. The zero-order valence-corrected chi connectivity index (χ0v) is 14.2. The van der Waals surface area contributed by atoms with Gasteiger partial charge < -0.3 is 10.4 Å². The van der Waals surface area contributed by atoms with E-state index in [1.54, 1.807) is 12.1 Å². The van der Waals surface area contributed by atoms with E-state index < -0.39 is 5.97 Å². The Morgan fingerprint density at radius 1 is 1.16 bits per heavy atom. The molecule has 1 aliphatic rings. The summed E-state index contributed by atoms with van der Waals surface area (Å²) in [6, 6.07) is 17.5. The van der Waals surface area contributed by atoms with Gasteiger partial charge in [-0.05, 0) is 54.9 Å². The standard InChI is InChI=1S/C21H24FNO2/c22-18-8-4-7-16(12-18)17-13-20(14-17)23-19(9-10-21(24)25)11-15-5-2-1-3-6-15/h1-8,12,17,19-20,23H,9-11,13-14H2,(H,24,25). The molecule has 0 heterocycles. The molecule has 0 aromatic heterocycles. The van der Waals surface area contributed by atoms with E-state index in [4.69, 9.17) is 5.11 Å². The first-order chi connectivity index (χ1) is 12.1. The SMILES string of the molecule is O=C(O)CCC(Cc1ccccc1)NC1CC(c2cccc(F)c2)C1. The maximum Gasteiger partial charge on any atom is 0.303 e. The number of hydrogen-bond acceptors (Lipinski definition) is 2. The summed E-state index contributed by atoms with van der Waals surface area (Å²) in [6.45, 7) is 0. The monoisotopic (exact) mass is 341 g/mol. The van der Waals surface area contributed by atoms with Crippen LogP contribution in [0.4, 0.5) is 4.39 Å². The fourth-order valence-electron chi connectivity index (χ4n) is 3.56. The van der Waals surface area contributed by atoms with E-state index in [1.165, 1.54) is 11.6 Å². The highest BCUT2D eigenvalue weighted by atomic mass is 19.1. The molecule has 1 aliphatic carbocycles. The lowest BCUT2D eigenvalue weighted by molar-refractivity contribution is -0.137. The van der Waals surface area contributed by atoms with Crippen LogP contribution < -0.4 is 5.32 Å². The van der Waals surface area contributed by atoms with E-state index in [9.17, 15) is 9.18 Å².